The topological polar surface area (TPSA) is 52.3 Å². The van der Waals surface area contributed by atoms with Crippen LogP contribution in [0, 0.1) is 5.92 Å². The van der Waals surface area contributed by atoms with Gasteiger partial charge in [0, 0.05) is 11.8 Å². The van der Waals surface area contributed by atoms with Crippen LogP contribution in [0.4, 0.5) is 0 Å². The Bertz CT molecular complexity index is 205. The highest BCUT2D eigenvalue weighted by atomic mass is 16.5. The first-order valence-electron chi connectivity index (χ1n) is 4.88. The van der Waals surface area contributed by atoms with Crippen LogP contribution in [0.3, 0.4) is 0 Å². The van der Waals surface area contributed by atoms with Crippen molar-refractivity contribution in [2.24, 2.45) is 11.7 Å². The Morgan fingerprint density at radius 1 is 1.54 bits per heavy atom. The van der Waals surface area contributed by atoms with Gasteiger partial charge in [0.25, 0.3) is 0 Å². The Labute approximate surface area is 78.9 Å². The molecule has 0 saturated heterocycles. The molecule has 3 nitrogen and oxygen atoms in total. The lowest BCUT2D eigenvalue weighted by Gasteiger charge is -2.08. The molecule has 3 heteroatoms. The summed E-state index contributed by atoms with van der Waals surface area (Å²) in [6.45, 7) is 2.20. The van der Waals surface area contributed by atoms with Crippen molar-refractivity contribution in [3.8, 4) is 0 Å². The maximum absolute atomic E-state index is 11.0. The van der Waals surface area contributed by atoms with Gasteiger partial charge in [-0.2, -0.15) is 0 Å². The summed E-state index contributed by atoms with van der Waals surface area (Å²) in [5, 5.41) is 0. The van der Waals surface area contributed by atoms with Gasteiger partial charge in [-0.15, -0.1) is 0 Å². The Morgan fingerprint density at radius 2 is 2.15 bits per heavy atom. The van der Waals surface area contributed by atoms with Crippen molar-refractivity contribution in [3.05, 3.63) is 11.8 Å². The standard InChI is InChI=1S/C10H17NO2/c1-2-13-10(12)7-9(11)8-5-3-4-6-8/h7-8H,2-6,11H2,1H3/b9-7-. The van der Waals surface area contributed by atoms with E-state index in [1.165, 1.54) is 18.9 Å². The lowest BCUT2D eigenvalue weighted by atomic mass is 10.0. The fourth-order valence-corrected chi connectivity index (χ4v) is 1.70. The predicted octanol–water partition coefficient (Wildman–Crippen LogP) is 1.58. The van der Waals surface area contributed by atoms with Gasteiger partial charge in [0.2, 0.25) is 0 Å². The molecule has 0 aromatic heterocycles. The normalized spacial score (nSPS) is 19.0. The van der Waals surface area contributed by atoms with Gasteiger partial charge in [-0.1, -0.05) is 12.8 Å². The van der Waals surface area contributed by atoms with Crippen molar-refractivity contribution in [3.63, 3.8) is 0 Å². The maximum atomic E-state index is 11.0. The van der Waals surface area contributed by atoms with Crippen LogP contribution in [-0.2, 0) is 9.53 Å². The van der Waals surface area contributed by atoms with Gasteiger partial charge in [-0.05, 0) is 25.7 Å². The molecule has 1 aliphatic rings. The molecule has 0 amide bonds. The average Bonchev–Trinajstić information content (AvgIpc) is 2.55. The van der Waals surface area contributed by atoms with E-state index in [2.05, 4.69) is 0 Å². The molecule has 13 heavy (non-hydrogen) atoms. The van der Waals surface area contributed by atoms with E-state index in [1.807, 2.05) is 0 Å². The lowest BCUT2D eigenvalue weighted by Crippen LogP contribution is -2.12. The number of hydrogen-bond donors (Lipinski definition) is 1. The molecule has 0 spiro atoms. The second-order valence-corrected chi connectivity index (χ2v) is 3.38. The van der Waals surface area contributed by atoms with E-state index in [4.69, 9.17) is 10.5 Å². The molecular formula is C10H17NO2. The molecule has 0 atom stereocenters. The van der Waals surface area contributed by atoms with Crippen LogP contribution in [0.15, 0.2) is 11.8 Å². The quantitative estimate of drug-likeness (QED) is 0.534. The van der Waals surface area contributed by atoms with Crippen LogP contribution in [0.1, 0.15) is 32.6 Å². The minimum atomic E-state index is -0.313. The summed E-state index contributed by atoms with van der Waals surface area (Å²) in [7, 11) is 0. The van der Waals surface area contributed by atoms with Gasteiger partial charge in [0.15, 0.2) is 0 Å². The van der Waals surface area contributed by atoms with Crippen LogP contribution >= 0.6 is 0 Å². The monoisotopic (exact) mass is 183 g/mol. The summed E-state index contributed by atoms with van der Waals surface area (Å²) in [5.74, 6) is 0.0938. The lowest BCUT2D eigenvalue weighted by molar-refractivity contribution is -0.137. The zero-order chi connectivity index (χ0) is 9.68. The van der Waals surface area contributed by atoms with Crippen molar-refractivity contribution < 1.29 is 9.53 Å². The highest BCUT2D eigenvalue weighted by Gasteiger charge is 2.17. The van der Waals surface area contributed by atoms with Gasteiger partial charge in [-0.3, -0.25) is 0 Å². The highest BCUT2D eigenvalue weighted by molar-refractivity contribution is 5.82. The Balaban J connectivity index is 2.44. The zero-order valence-electron chi connectivity index (χ0n) is 8.08. The summed E-state index contributed by atoms with van der Waals surface area (Å²) in [4.78, 5) is 11.0. The molecule has 1 rings (SSSR count). The van der Waals surface area contributed by atoms with Crippen molar-refractivity contribution in [1.29, 1.82) is 0 Å². The highest BCUT2D eigenvalue weighted by Crippen LogP contribution is 2.28. The van der Waals surface area contributed by atoms with E-state index in [-0.39, 0.29) is 5.97 Å². The fourth-order valence-electron chi connectivity index (χ4n) is 1.70. The third-order valence-electron chi connectivity index (χ3n) is 2.40. The molecule has 1 fully saturated rings. The number of nitrogens with two attached hydrogens (primary N) is 1. The fraction of sp³-hybridized carbons (Fsp3) is 0.700. The van der Waals surface area contributed by atoms with E-state index in [0.29, 0.717) is 18.2 Å². The third-order valence-corrected chi connectivity index (χ3v) is 2.40. The largest absolute Gasteiger partial charge is 0.463 e. The van der Waals surface area contributed by atoms with Crippen LogP contribution in [0.5, 0.6) is 0 Å². The molecule has 1 aliphatic carbocycles. The summed E-state index contributed by atoms with van der Waals surface area (Å²) >= 11 is 0. The third kappa shape index (κ3) is 3.09. The molecule has 2 N–H and O–H groups in total. The first kappa shape index (κ1) is 10.1. The minimum Gasteiger partial charge on any atom is -0.463 e. The molecule has 0 radical (unpaired) electrons. The molecule has 1 saturated carbocycles. The number of esters is 1. The van der Waals surface area contributed by atoms with Crippen LogP contribution < -0.4 is 5.73 Å². The number of ether oxygens (including phenoxy) is 1. The summed E-state index contributed by atoms with van der Waals surface area (Å²) < 4.78 is 4.78. The number of carbonyl (C=O) groups is 1. The van der Waals surface area contributed by atoms with Crippen molar-refractivity contribution >= 4 is 5.97 Å². The average molecular weight is 183 g/mol. The Morgan fingerprint density at radius 3 is 2.69 bits per heavy atom. The van der Waals surface area contributed by atoms with Crippen LogP contribution in [0.2, 0.25) is 0 Å². The van der Waals surface area contributed by atoms with E-state index < -0.39 is 0 Å². The number of rotatable bonds is 3. The molecule has 0 aliphatic heterocycles. The second kappa shape index (κ2) is 4.90. The first-order valence-corrected chi connectivity index (χ1v) is 4.88. The van der Waals surface area contributed by atoms with E-state index >= 15 is 0 Å². The molecule has 0 aromatic rings. The molecule has 0 aromatic carbocycles. The number of carbonyl (C=O) groups excluding carboxylic acids is 1. The van der Waals surface area contributed by atoms with E-state index in [0.717, 1.165) is 12.8 Å². The molecule has 0 bridgehead atoms. The maximum Gasteiger partial charge on any atom is 0.332 e. The van der Waals surface area contributed by atoms with Gasteiger partial charge in [-0.25, -0.2) is 4.79 Å². The Hall–Kier alpha value is -0.990. The smallest absolute Gasteiger partial charge is 0.332 e. The number of allylic oxidation sites excluding steroid dienone is 1. The van der Waals surface area contributed by atoms with Gasteiger partial charge >= 0.3 is 5.97 Å². The second-order valence-electron chi connectivity index (χ2n) is 3.38. The van der Waals surface area contributed by atoms with Crippen LogP contribution in [0.25, 0.3) is 0 Å². The van der Waals surface area contributed by atoms with Gasteiger partial charge in [0.05, 0.1) is 6.61 Å². The van der Waals surface area contributed by atoms with Gasteiger partial charge in [0.1, 0.15) is 0 Å². The molecule has 74 valence electrons. The Kier molecular flexibility index (Phi) is 3.80. The van der Waals surface area contributed by atoms with Crippen LogP contribution in [-0.4, -0.2) is 12.6 Å². The summed E-state index contributed by atoms with van der Waals surface area (Å²) in [5.41, 5.74) is 6.46. The van der Waals surface area contributed by atoms with E-state index in [1.54, 1.807) is 6.92 Å². The minimum absolute atomic E-state index is 0.313. The van der Waals surface area contributed by atoms with Crippen molar-refractivity contribution in [2.75, 3.05) is 6.61 Å². The molecule has 0 heterocycles. The summed E-state index contributed by atoms with van der Waals surface area (Å²) in [6.07, 6.45) is 6.10. The predicted molar refractivity (Wildman–Crippen MR) is 50.9 cm³/mol. The first-order chi connectivity index (χ1) is 6.24. The molecular weight excluding hydrogens is 166 g/mol. The zero-order valence-corrected chi connectivity index (χ0v) is 8.08. The summed E-state index contributed by atoms with van der Waals surface area (Å²) in [6, 6.07) is 0. The molecule has 0 unspecified atom stereocenters. The van der Waals surface area contributed by atoms with Crippen molar-refractivity contribution in [2.45, 2.75) is 32.6 Å². The SMILES string of the molecule is CCOC(=O)/C=C(\N)C1CCCC1. The van der Waals surface area contributed by atoms with E-state index in [9.17, 15) is 4.79 Å². The van der Waals surface area contributed by atoms with Gasteiger partial charge < -0.3 is 10.5 Å². The number of hydrogen-bond acceptors (Lipinski definition) is 3. The van der Waals surface area contributed by atoms with Crippen molar-refractivity contribution in [1.82, 2.24) is 0 Å².